The van der Waals surface area contributed by atoms with E-state index >= 15 is 0 Å². The van der Waals surface area contributed by atoms with Gasteiger partial charge in [0.1, 0.15) is 24.9 Å². The predicted molar refractivity (Wildman–Crippen MR) is 248 cm³/mol. The minimum absolute atomic E-state index is 0.0531. The molecule has 0 bridgehead atoms. The number of anilines is 4. The van der Waals surface area contributed by atoms with Crippen LogP contribution in [0, 0.1) is 13.8 Å². The molecule has 2 aliphatic rings. The van der Waals surface area contributed by atoms with Crippen molar-refractivity contribution in [3.8, 4) is 23.3 Å². The molecule has 4 aromatic rings. The van der Waals surface area contributed by atoms with Crippen molar-refractivity contribution >= 4 is 47.0 Å². The molecule has 2 saturated heterocycles. The van der Waals surface area contributed by atoms with Gasteiger partial charge in [0.25, 0.3) is 11.8 Å². The number of hydrogen-bond acceptors (Lipinski definition) is 18. The van der Waals surface area contributed by atoms with E-state index in [4.69, 9.17) is 33.5 Å². The topological polar surface area (TPSA) is 218 Å². The largest absolute Gasteiger partial charge is 0.489 e. The Kier molecular flexibility index (Phi) is 19.3. The van der Waals surface area contributed by atoms with Crippen molar-refractivity contribution < 1.29 is 43.1 Å². The Morgan fingerprint density at radius 3 is 1.46 bits per heavy atom. The second-order valence-electron chi connectivity index (χ2n) is 15.9. The summed E-state index contributed by atoms with van der Waals surface area (Å²) in [6.45, 7) is 13.5. The number of piperidine rings is 2. The van der Waals surface area contributed by atoms with Crippen molar-refractivity contribution in [2.24, 2.45) is 0 Å². The number of aliphatic hydroxyl groups is 1. The molecular formula is C45H64N10O9S. The molecule has 0 spiro atoms. The van der Waals surface area contributed by atoms with Crippen molar-refractivity contribution in [2.75, 3.05) is 69.6 Å². The number of likely N-dealkylation sites (tertiary alicyclic amines) is 2. The van der Waals surface area contributed by atoms with E-state index in [1.807, 2.05) is 65.8 Å². The van der Waals surface area contributed by atoms with E-state index in [1.165, 1.54) is 19.8 Å². The van der Waals surface area contributed by atoms with Crippen LogP contribution in [0.5, 0.6) is 23.3 Å². The number of rotatable bonds is 17. The molecule has 0 radical (unpaired) electrons. The molecule has 0 aliphatic carbocycles. The van der Waals surface area contributed by atoms with Crippen molar-refractivity contribution in [3.05, 3.63) is 59.7 Å². The number of ether oxygens (including phenoxy) is 6. The lowest BCUT2D eigenvalue weighted by atomic mass is 10.1. The second kappa shape index (κ2) is 25.0. The molecule has 0 saturated carbocycles. The summed E-state index contributed by atoms with van der Waals surface area (Å²) in [5.74, 6) is 3.57. The summed E-state index contributed by atoms with van der Waals surface area (Å²) in [5, 5.41) is 15.6. The van der Waals surface area contributed by atoms with Gasteiger partial charge in [-0.3, -0.25) is 9.97 Å². The number of amides is 2. The maximum absolute atomic E-state index is 12.1. The normalized spacial score (nSPS) is 14.3. The lowest BCUT2D eigenvalue weighted by Crippen LogP contribution is -2.42. The minimum atomic E-state index is -0.293. The quantitative estimate of drug-likeness (QED) is 0.0964. The summed E-state index contributed by atoms with van der Waals surface area (Å²) in [6, 6.07) is 7.77. The van der Waals surface area contributed by atoms with Gasteiger partial charge >= 0.3 is 12.2 Å². The third-order valence-corrected chi connectivity index (χ3v) is 10.9. The average molecular weight is 921 g/mol. The van der Waals surface area contributed by atoms with Crippen LogP contribution < -0.4 is 29.6 Å². The minimum Gasteiger partial charge on any atom is -0.489 e. The Morgan fingerprint density at radius 2 is 1.11 bits per heavy atom. The number of aliphatic hydroxyl groups excluding tert-OH is 1. The van der Waals surface area contributed by atoms with Gasteiger partial charge < -0.3 is 54.0 Å². The smallest absolute Gasteiger partial charge is 0.410 e. The number of pyridine rings is 2. The molecule has 20 heteroatoms. The maximum Gasteiger partial charge on any atom is 0.410 e. The Balaban J connectivity index is 0.000000244. The first kappa shape index (κ1) is 50.1. The van der Waals surface area contributed by atoms with Gasteiger partial charge in [0.15, 0.2) is 11.6 Å². The van der Waals surface area contributed by atoms with Crippen molar-refractivity contribution in [3.63, 3.8) is 0 Å². The van der Waals surface area contributed by atoms with Gasteiger partial charge in [0.2, 0.25) is 11.5 Å². The van der Waals surface area contributed by atoms with Crippen LogP contribution >= 0.6 is 11.8 Å². The van der Waals surface area contributed by atoms with Gasteiger partial charge in [-0.25, -0.2) is 19.6 Å². The number of aromatic nitrogens is 6. The van der Waals surface area contributed by atoms with Crippen molar-refractivity contribution in [2.45, 2.75) is 104 Å². The van der Waals surface area contributed by atoms with Crippen molar-refractivity contribution in [1.29, 1.82) is 0 Å². The van der Waals surface area contributed by atoms with E-state index in [0.717, 1.165) is 46.3 Å². The zero-order valence-corrected chi connectivity index (χ0v) is 39.8. The molecule has 19 nitrogen and oxygen atoms in total. The van der Waals surface area contributed by atoms with E-state index in [1.54, 1.807) is 28.7 Å². The highest BCUT2D eigenvalue weighted by Crippen LogP contribution is 2.36. The van der Waals surface area contributed by atoms with Gasteiger partial charge in [-0.2, -0.15) is 21.7 Å². The molecule has 354 valence electrons. The van der Waals surface area contributed by atoms with Gasteiger partial charge in [-0.05, 0) is 84.2 Å². The summed E-state index contributed by atoms with van der Waals surface area (Å²) in [5.41, 5.74) is 5.17. The fraction of sp³-hybridized carbons (Fsp3) is 0.556. The SMILES string of the molecule is COc1c(Nc2ccc(CCO)nc2C)ncnc1OC1CCN(C(=O)OC(C)C)CC1.COc1c(Nc2ccc(CCSC)nc2C)ncnc1OC1CCN(C(=O)OC(C)C)CC1. The maximum atomic E-state index is 12.1. The average Bonchev–Trinajstić information content (AvgIpc) is 3.28. The van der Waals surface area contributed by atoms with E-state index in [-0.39, 0.29) is 43.2 Å². The van der Waals surface area contributed by atoms with Gasteiger partial charge in [-0.15, -0.1) is 0 Å². The number of thioether (sulfide) groups is 1. The van der Waals surface area contributed by atoms with E-state index in [9.17, 15) is 9.59 Å². The number of nitrogens with one attached hydrogen (secondary N) is 2. The monoisotopic (exact) mass is 920 g/mol. The molecule has 6 heterocycles. The van der Waals surface area contributed by atoms with E-state index in [0.29, 0.717) is 93.2 Å². The van der Waals surface area contributed by atoms with E-state index in [2.05, 4.69) is 46.8 Å². The Labute approximate surface area is 385 Å². The van der Waals surface area contributed by atoms with Gasteiger partial charge in [-0.1, -0.05) is 0 Å². The van der Waals surface area contributed by atoms with E-state index < -0.39 is 0 Å². The number of methoxy groups -OCH3 is 2. The first-order chi connectivity index (χ1) is 31.3. The summed E-state index contributed by atoms with van der Waals surface area (Å²) >= 11 is 1.80. The zero-order valence-electron chi connectivity index (χ0n) is 39.0. The Morgan fingerprint density at radius 1 is 0.692 bits per heavy atom. The molecule has 0 unspecified atom stereocenters. The zero-order chi connectivity index (χ0) is 46.9. The Bertz CT molecular complexity index is 2150. The molecule has 3 N–H and O–H groups in total. The van der Waals surface area contributed by atoms with Crippen LogP contribution in [0.3, 0.4) is 0 Å². The van der Waals surface area contributed by atoms with Crippen LogP contribution in [-0.2, 0) is 22.3 Å². The van der Waals surface area contributed by atoms with Crippen LogP contribution in [0.15, 0.2) is 36.9 Å². The predicted octanol–water partition coefficient (Wildman–Crippen LogP) is 7.08. The molecule has 2 fully saturated rings. The lowest BCUT2D eigenvalue weighted by Gasteiger charge is -2.32. The molecule has 4 aromatic heterocycles. The summed E-state index contributed by atoms with van der Waals surface area (Å²) in [4.78, 5) is 53.9. The summed E-state index contributed by atoms with van der Waals surface area (Å²) < 4.78 is 33.9. The highest BCUT2D eigenvalue weighted by Gasteiger charge is 2.29. The molecular weight excluding hydrogens is 857 g/mol. The molecule has 6 rings (SSSR count). The highest BCUT2D eigenvalue weighted by molar-refractivity contribution is 7.98. The molecule has 0 atom stereocenters. The van der Waals surface area contributed by atoms with Crippen molar-refractivity contribution in [1.82, 2.24) is 39.7 Å². The van der Waals surface area contributed by atoms with Crippen LogP contribution in [0.2, 0.25) is 0 Å². The highest BCUT2D eigenvalue weighted by atomic mass is 32.2. The molecule has 2 amide bonds. The Hall–Kier alpha value is -5.89. The number of hydrogen-bond donors (Lipinski definition) is 3. The van der Waals surface area contributed by atoms with Gasteiger partial charge in [0.05, 0.1) is 49.2 Å². The first-order valence-electron chi connectivity index (χ1n) is 21.9. The molecule has 65 heavy (non-hydrogen) atoms. The van der Waals surface area contributed by atoms with Crippen LogP contribution in [0.25, 0.3) is 0 Å². The first-order valence-corrected chi connectivity index (χ1v) is 23.3. The van der Waals surface area contributed by atoms with Crippen LogP contribution in [0.1, 0.15) is 76.2 Å². The number of aryl methyl sites for hydroxylation is 3. The summed E-state index contributed by atoms with van der Waals surface area (Å²) in [7, 11) is 3.11. The molecule has 0 aromatic carbocycles. The number of nitrogens with zero attached hydrogens (tertiary/aromatic N) is 8. The number of carbonyl (C=O) groups excluding carboxylic acids is 2. The third-order valence-electron chi connectivity index (χ3n) is 10.3. The van der Waals surface area contributed by atoms with Crippen LogP contribution in [0.4, 0.5) is 32.6 Å². The second-order valence-corrected chi connectivity index (χ2v) is 16.9. The standard InChI is InChI=1S/C23H33N5O4S.C22H31N5O5/c1-15(2)31-23(29)28-11-8-18(9-12-28)32-22-20(30-4)21(24-14-25-22)27-19-7-6-17(10-13-33-5)26-16(19)3;1-14(2)31-22(29)27-10-7-17(8-11-27)32-21-19(30-4)20(23-13-24-21)26-18-6-5-16(9-12-28)25-15(18)3/h6-7,14-15,18H,8-13H2,1-5H3,(H,24,25,27);5-6,13-14,17,28H,7-12H2,1-4H3,(H,23,24,26). The lowest BCUT2D eigenvalue weighted by molar-refractivity contribution is 0.0491. The number of carbonyl (C=O) groups is 2. The fourth-order valence-electron chi connectivity index (χ4n) is 6.95. The fourth-order valence-corrected chi connectivity index (χ4v) is 7.37. The third kappa shape index (κ3) is 14.8. The van der Waals surface area contributed by atoms with Crippen LogP contribution in [-0.4, -0.2) is 140 Å². The summed E-state index contributed by atoms with van der Waals surface area (Å²) in [6.07, 6.45) is 8.07. The van der Waals surface area contributed by atoms with Gasteiger partial charge in [0, 0.05) is 76.3 Å². The molecule has 2 aliphatic heterocycles.